The van der Waals surface area contributed by atoms with Gasteiger partial charge in [0.25, 0.3) is 0 Å². The highest BCUT2D eigenvalue weighted by Gasteiger charge is 2.27. The van der Waals surface area contributed by atoms with Crippen molar-refractivity contribution in [2.24, 2.45) is 0 Å². The van der Waals surface area contributed by atoms with Crippen molar-refractivity contribution >= 4 is 44.0 Å². The van der Waals surface area contributed by atoms with Crippen molar-refractivity contribution in [3.05, 3.63) is 44.2 Å². The summed E-state index contributed by atoms with van der Waals surface area (Å²) in [6, 6.07) is 5.22. The minimum absolute atomic E-state index is 0.0586. The number of rotatable bonds is 7. The van der Waals surface area contributed by atoms with Gasteiger partial charge in [0, 0.05) is 10.4 Å². The van der Waals surface area contributed by atoms with E-state index in [-0.39, 0.29) is 18.3 Å². The van der Waals surface area contributed by atoms with E-state index in [9.17, 15) is 9.59 Å². The fourth-order valence-corrected chi connectivity index (χ4v) is 4.86. The molecular formula is C19H20BrNO4S. The highest BCUT2D eigenvalue weighted by Crippen LogP contribution is 2.39. The number of anilines is 1. The third kappa shape index (κ3) is 3.78. The predicted molar refractivity (Wildman–Crippen MR) is 106 cm³/mol. The summed E-state index contributed by atoms with van der Waals surface area (Å²) in [6.45, 7) is 2.24. The van der Waals surface area contributed by atoms with E-state index in [1.807, 2.05) is 0 Å². The normalized spacial score (nSPS) is 12.6. The zero-order valence-corrected chi connectivity index (χ0v) is 17.1. The number of halogens is 1. The molecule has 1 aliphatic carbocycles. The Labute approximate surface area is 164 Å². The maximum atomic E-state index is 12.5. The lowest BCUT2D eigenvalue weighted by molar-refractivity contribution is 0.0526. The molecule has 5 nitrogen and oxygen atoms in total. The topological polar surface area (TPSA) is 64.6 Å². The first-order valence-corrected chi connectivity index (χ1v) is 10.1. The van der Waals surface area contributed by atoms with Crippen LogP contribution in [-0.4, -0.2) is 32.0 Å². The van der Waals surface area contributed by atoms with Crippen molar-refractivity contribution in [3.8, 4) is 5.75 Å². The lowest BCUT2D eigenvalue weighted by Gasteiger charge is -2.09. The first-order chi connectivity index (χ1) is 12.5. The number of carbonyl (C=O) groups excluding carboxylic acids is 2. The van der Waals surface area contributed by atoms with Crippen molar-refractivity contribution in [1.29, 1.82) is 0 Å². The van der Waals surface area contributed by atoms with Crippen LogP contribution >= 0.6 is 27.3 Å². The Morgan fingerprint density at radius 3 is 2.81 bits per heavy atom. The average molecular weight is 438 g/mol. The number of nitrogens with one attached hydrogen (secondary N) is 1. The van der Waals surface area contributed by atoms with E-state index in [4.69, 9.17) is 9.47 Å². The molecule has 0 fully saturated rings. The Morgan fingerprint density at radius 1 is 1.31 bits per heavy atom. The zero-order chi connectivity index (χ0) is 18.7. The van der Waals surface area contributed by atoms with Gasteiger partial charge in [0.1, 0.15) is 10.8 Å². The fraction of sp³-hybridized carbons (Fsp3) is 0.368. The van der Waals surface area contributed by atoms with E-state index in [2.05, 4.69) is 21.2 Å². The number of fused-ring (bicyclic) bond motifs is 1. The second kappa shape index (κ2) is 8.22. The quantitative estimate of drug-likeness (QED) is 0.510. The van der Waals surface area contributed by atoms with Crippen LogP contribution in [0.25, 0.3) is 0 Å². The van der Waals surface area contributed by atoms with Gasteiger partial charge in [-0.15, -0.1) is 11.3 Å². The molecule has 7 heteroatoms. The molecule has 0 aliphatic heterocycles. The molecule has 0 amide bonds. The Hall–Kier alpha value is -1.86. The first-order valence-electron chi connectivity index (χ1n) is 8.47. The highest BCUT2D eigenvalue weighted by atomic mass is 79.9. The molecule has 3 rings (SSSR count). The summed E-state index contributed by atoms with van der Waals surface area (Å²) < 4.78 is 11.1. The first kappa shape index (κ1) is 18.9. The number of hydrogen-bond donors (Lipinski definition) is 1. The van der Waals surface area contributed by atoms with Gasteiger partial charge in [-0.25, -0.2) is 4.79 Å². The lowest BCUT2D eigenvalue weighted by Crippen LogP contribution is -2.16. The Kier molecular flexibility index (Phi) is 5.98. The van der Waals surface area contributed by atoms with Crippen LogP contribution in [0.1, 0.15) is 44.5 Å². The van der Waals surface area contributed by atoms with Crippen molar-refractivity contribution in [3.63, 3.8) is 0 Å². The van der Waals surface area contributed by atoms with Gasteiger partial charge in [0.15, 0.2) is 5.78 Å². The Morgan fingerprint density at radius 2 is 2.12 bits per heavy atom. The van der Waals surface area contributed by atoms with E-state index >= 15 is 0 Å². The SMILES string of the molecule is CCOC(=O)c1c(NCC(=O)c2ccc(OC)c(Br)c2)sc2c1CCC2. The van der Waals surface area contributed by atoms with Crippen LogP contribution in [0.15, 0.2) is 22.7 Å². The number of esters is 1. The molecule has 0 unspecified atom stereocenters. The smallest absolute Gasteiger partial charge is 0.341 e. The van der Waals surface area contributed by atoms with Gasteiger partial charge in [-0.2, -0.15) is 0 Å². The summed E-state index contributed by atoms with van der Waals surface area (Å²) in [5.41, 5.74) is 2.26. The Bertz CT molecular complexity index is 846. The van der Waals surface area contributed by atoms with Crippen LogP contribution in [-0.2, 0) is 17.6 Å². The Balaban J connectivity index is 1.76. The maximum Gasteiger partial charge on any atom is 0.341 e. The third-order valence-electron chi connectivity index (χ3n) is 4.28. The number of methoxy groups -OCH3 is 1. The van der Waals surface area contributed by atoms with E-state index in [0.717, 1.165) is 34.3 Å². The minimum Gasteiger partial charge on any atom is -0.496 e. The number of ketones is 1. The van der Waals surface area contributed by atoms with Gasteiger partial charge in [-0.1, -0.05) is 0 Å². The van der Waals surface area contributed by atoms with Gasteiger partial charge >= 0.3 is 5.97 Å². The lowest BCUT2D eigenvalue weighted by atomic mass is 10.1. The number of carbonyl (C=O) groups is 2. The van der Waals surface area contributed by atoms with Crippen molar-refractivity contribution in [2.45, 2.75) is 26.2 Å². The largest absolute Gasteiger partial charge is 0.496 e. The molecule has 1 N–H and O–H groups in total. The van der Waals surface area contributed by atoms with Crippen LogP contribution < -0.4 is 10.1 Å². The molecule has 1 aromatic carbocycles. The highest BCUT2D eigenvalue weighted by molar-refractivity contribution is 9.10. The van der Waals surface area contributed by atoms with Gasteiger partial charge in [-0.3, -0.25) is 4.79 Å². The van der Waals surface area contributed by atoms with Crippen LogP contribution in [0.5, 0.6) is 5.75 Å². The van der Waals surface area contributed by atoms with Crippen molar-refractivity contribution in [1.82, 2.24) is 0 Å². The standard InChI is InChI=1S/C19H20BrNO4S/c1-3-25-19(23)17-12-5-4-6-16(12)26-18(17)21-10-14(22)11-7-8-15(24-2)13(20)9-11/h7-9,21H,3-6,10H2,1-2H3. The number of benzene rings is 1. The van der Waals surface area contributed by atoms with Crippen molar-refractivity contribution < 1.29 is 19.1 Å². The molecule has 0 radical (unpaired) electrons. The number of aryl methyl sites for hydroxylation is 1. The molecule has 0 bridgehead atoms. The molecule has 0 spiro atoms. The summed E-state index contributed by atoms with van der Waals surface area (Å²) in [7, 11) is 1.58. The van der Waals surface area contributed by atoms with E-state index in [1.54, 1.807) is 43.6 Å². The molecule has 0 saturated carbocycles. The van der Waals surface area contributed by atoms with E-state index in [1.165, 1.54) is 4.88 Å². The van der Waals surface area contributed by atoms with Crippen LogP contribution in [0, 0.1) is 0 Å². The van der Waals surface area contributed by atoms with Gasteiger partial charge in [0.05, 0.1) is 30.3 Å². The fourth-order valence-electron chi connectivity index (χ4n) is 3.05. The number of ether oxygens (including phenoxy) is 2. The minimum atomic E-state index is -0.311. The second-order valence-corrected chi connectivity index (χ2v) is 7.87. The summed E-state index contributed by atoms with van der Waals surface area (Å²) >= 11 is 4.95. The zero-order valence-electron chi connectivity index (χ0n) is 14.7. The summed E-state index contributed by atoms with van der Waals surface area (Å²) in [5.74, 6) is 0.305. The van der Waals surface area contributed by atoms with Crippen LogP contribution in [0.4, 0.5) is 5.00 Å². The second-order valence-electron chi connectivity index (χ2n) is 5.91. The van der Waals surface area contributed by atoms with Crippen molar-refractivity contribution in [2.75, 3.05) is 25.6 Å². The molecule has 1 aliphatic rings. The maximum absolute atomic E-state index is 12.5. The average Bonchev–Trinajstić information content (AvgIpc) is 3.20. The van der Waals surface area contributed by atoms with Crippen LogP contribution in [0.3, 0.4) is 0 Å². The molecule has 1 heterocycles. The van der Waals surface area contributed by atoms with Gasteiger partial charge in [-0.05, 0) is 65.9 Å². The molecule has 0 atom stereocenters. The summed E-state index contributed by atoms with van der Waals surface area (Å²) in [4.78, 5) is 26.1. The van der Waals surface area contributed by atoms with Crippen LogP contribution in [0.2, 0.25) is 0 Å². The summed E-state index contributed by atoms with van der Waals surface area (Å²) in [5, 5.41) is 3.88. The predicted octanol–water partition coefficient (Wildman–Crippen LogP) is 4.48. The third-order valence-corrected chi connectivity index (χ3v) is 6.15. The number of hydrogen-bond acceptors (Lipinski definition) is 6. The van der Waals surface area contributed by atoms with E-state index < -0.39 is 0 Å². The molecule has 2 aromatic rings. The molecule has 0 saturated heterocycles. The summed E-state index contributed by atoms with van der Waals surface area (Å²) in [6.07, 6.45) is 2.93. The number of Topliss-reactive ketones (excluding diaryl/α,β-unsaturated/α-hetero) is 1. The molecule has 138 valence electrons. The molecule has 1 aromatic heterocycles. The number of thiophene rings is 1. The molecular weight excluding hydrogens is 418 g/mol. The van der Waals surface area contributed by atoms with E-state index in [0.29, 0.717) is 23.5 Å². The van der Waals surface area contributed by atoms with Gasteiger partial charge < -0.3 is 14.8 Å². The van der Waals surface area contributed by atoms with Gasteiger partial charge in [0.2, 0.25) is 0 Å². The monoisotopic (exact) mass is 437 g/mol. The molecule has 26 heavy (non-hydrogen) atoms.